The van der Waals surface area contributed by atoms with Crippen LogP contribution in [0.15, 0.2) is 10.9 Å². The molecule has 0 fully saturated rings. The molecule has 0 saturated carbocycles. The highest BCUT2D eigenvalue weighted by Crippen LogP contribution is 2.12. The molecule has 1 heterocycles. The molecule has 1 unspecified atom stereocenters. The van der Waals surface area contributed by atoms with Crippen LogP contribution in [0.2, 0.25) is 0 Å². The van der Waals surface area contributed by atoms with Crippen molar-refractivity contribution in [3.63, 3.8) is 0 Å². The number of rotatable bonds is 6. The lowest BCUT2D eigenvalue weighted by atomic mass is 10.1. The van der Waals surface area contributed by atoms with Gasteiger partial charge >= 0.3 is 0 Å². The van der Waals surface area contributed by atoms with Crippen molar-refractivity contribution < 1.29 is 0 Å². The third-order valence-corrected chi connectivity index (χ3v) is 2.75. The fourth-order valence-corrected chi connectivity index (χ4v) is 1.53. The van der Waals surface area contributed by atoms with Crippen LogP contribution in [0.25, 0.3) is 0 Å². The van der Waals surface area contributed by atoms with E-state index in [4.69, 9.17) is 0 Å². The molecule has 4 heteroatoms. The van der Waals surface area contributed by atoms with Gasteiger partial charge in [-0.15, -0.1) is 0 Å². The number of hydrogen-bond acceptors (Lipinski definition) is 3. The van der Waals surface area contributed by atoms with Crippen LogP contribution >= 0.6 is 0 Å². The molecule has 1 rings (SSSR count). The first-order valence-electron chi connectivity index (χ1n) is 6.33. The van der Waals surface area contributed by atoms with E-state index in [2.05, 4.69) is 43.0 Å². The van der Waals surface area contributed by atoms with Gasteiger partial charge in [-0.3, -0.25) is 4.79 Å². The third-order valence-electron chi connectivity index (χ3n) is 2.75. The molecule has 0 aliphatic heterocycles. The second-order valence-electron chi connectivity index (χ2n) is 4.96. The Morgan fingerprint density at radius 2 is 2.12 bits per heavy atom. The molecular weight excluding hydrogens is 214 g/mol. The number of aromatic amines is 1. The van der Waals surface area contributed by atoms with Crippen molar-refractivity contribution in [3.05, 3.63) is 27.9 Å². The van der Waals surface area contributed by atoms with Gasteiger partial charge in [-0.05, 0) is 18.9 Å². The van der Waals surface area contributed by atoms with Crippen molar-refractivity contribution in [3.8, 4) is 0 Å². The van der Waals surface area contributed by atoms with Crippen LogP contribution in [0.4, 0.5) is 0 Å². The Morgan fingerprint density at radius 1 is 1.41 bits per heavy atom. The highest BCUT2D eigenvalue weighted by molar-refractivity contribution is 5.05. The Balaban J connectivity index is 2.72. The van der Waals surface area contributed by atoms with E-state index >= 15 is 0 Å². The summed E-state index contributed by atoms with van der Waals surface area (Å²) in [5, 5.41) is 3.30. The van der Waals surface area contributed by atoms with Gasteiger partial charge in [-0.1, -0.05) is 27.7 Å². The maximum atomic E-state index is 11.5. The van der Waals surface area contributed by atoms with Crippen LogP contribution in [-0.4, -0.2) is 16.5 Å². The molecule has 0 radical (unpaired) electrons. The Bertz CT molecular complexity index is 398. The highest BCUT2D eigenvalue weighted by atomic mass is 16.1. The molecule has 0 aliphatic carbocycles. The van der Waals surface area contributed by atoms with E-state index in [1.54, 1.807) is 6.07 Å². The molecule has 17 heavy (non-hydrogen) atoms. The molecule has 0 saturated heterocycles. The number of H-pyrrole nitrogens is 1. The maximum Gasteiger partial charge on any atom is 0.251 e. The molecule has 0 bridgehead atoms. The molecular formula is C13H23N3O. The molecule has 0 aromatic carbocycles. The van der Waals surface area contributed by atoms with E-state index < -0.39 is 0 Å². The number of aromatic nitrogens is 2. The van der Waals surface area contributed by atoms with Gasteiger partial charge in [0.15, 0.2) is 0 Å². The van der Waals surface area contributed by atoms with E-state index in [-0.39, 0.29) is 5.56 Å². The second kappa shape index (κ2) is 6.55. The van der Waals surface area contributed by atoms with Crippen LogP contribution in [0.3, 0.4) is 0 Å². The minimum absolute atomic E-state index is 0.0587. The first-order valence-corrected chi connectivity index (χ1v) is 6.33. The minimum Gasteiger partial charge on any atom is -0.311 e. The number of nitrogens with zero attached hydrogens (tertiary/aromatic N) is 1. The molecule has 0 spiro atoms. The van der Waals surface area contributed by atoms with Gasteiger partial charge < -0.3 is 10.3 Å². The summed E-state index contributed by atoms with van der Waals surface area (Å²) >= 11 is 0. The fraction of sp³-hybridized carbons (Fsp3) is 0.692. The standard InChI is InChI=1S/C13H23N3O/c1-5-10(4)13-15-11(6-12(17)16-13)8-14-7-9(2)3/h6,9-10,14H,5,7-8H2,1-4H3,(H,15,16,17). The van der Waals surface area contributed by atoms with Gasteiger partial charge in [0.1, 0.15) is 5.82 Å². The predicted molar refractivity (Wildman–Crippen MR) is 70.1 cm³/mol. The van der Waals surface area contributed by atoms with Gasteiger partial charge in [-0.2, -0.15) is 0 Å². The normalized spacial score (nSPS) is 13.0. The average molecular weight is 237 g/mol. The zero-order valence-electron chi connectivity index (χ0n) is 11.2. The van der Waals surface area contributed by atoms with E-state index in [0.29, 0.717) is 18.4 Å². The average Bonchev–Trinajstić information content (AvgIpc) is 2.26. The topological polar surface area (TPSA) is 57.8 Å². The van der Waals surface area contributed by atoms with Gasteiger partial charge in [0, 0.05) is 18.5 Å². The van der Waals surface area contributed by atoms with Crippen molar-refractivity contribution in [1.82, 2.24) is 15.3 Å². The fourth-order valence-electron chi connectivity index (χ4n) is 1.53. The Labute approximate surface area is 103 Å². The number of hydrogen-bond donors (Lipinski definition) is 2. The van der Waals surface area contributed by atoms with E-state index in [1.165, 1.54) is 0 Å². The monoisotopic (exact) mass is 237 g/mol. The van der Waals surface area contributed by atoms with E-state index in [0.717, 1.165) is 24.5 Å². The van der Waals surface area contributed by atoms with Crippen molar-refractivity contribution in [2.24, 2.45) is 5.92 Å². The quantitative estimate of drug-likeness (QED) is 0.796. The third kappa shape index (κ3) is 4.69. The lowest BCUT2D eigenvalue weighted by Gasteiger charge is -2.10. The SMILES string of the molecule is CCC(C)c1nc(CNCC(C)C)cc(=O)[nH]1. The molecule has 1 atom stereocenters. The summed E-state index contributed by atoms with van der Waals surface area (Å²) in [6.45, 7) is 10.1. The summed E-state index contributed by atoms with van der Waals surface area (Å²) in [4.78, 5) is 18.8. The summed E-state index contributed by atoms with van der Waals surface area (Å²) in [6, 6.07) is 1.57. The summed E-state index contributed by atoms with van der Waals surface area (Å²) in [5.41, 5.74) is 0.765. The minimum atomic E-state index is -0.0587. The first kappa shape index (κ1) is 13.9. The van der Waals surface area contributed by atoms with Gasteiger partial charge in [-0.25, -0.2) is 4.98 Å². The predicted octanol–water partition coefficient (Wildman–Crippen LogP) is 2.03. The second-order valence-corrected chi connectivity index (χ2v) is 4.96. The van der Waals surface area contributed by atoms with Gasteiger partial charge in [0.25, 0.3) is 5.56 Å². The smallest absolute Gasteiger partial charge is 0.251 e. The van der Waals surface area contributed by atoms with Crippen molar-refractivity contribution >= 4 is 0 Å². The first-order chi connectivity index (χ1) is 8.02. The summed E-state index contributed by atoms with van der Waals surface area (Å²) < 4.78 is 0. The van der Waals surface area contributed by atoms with Crippen LogP contribution in [0.5, 0.6) is 0 Å². The molecule has 1 aromatic heterocycles. The summed E-state index contributed by atoms with van der Waals surface area (Å²) in [5.74, 6) is 1.69. The maximum absolute atomic E-state index is 11.5. The lowest BCUT2D eigenvalue weighted by Crippen LogP contribution is -2.22. The van der Waals surface area contributed by atoms with Crippen molar-refractivity contribution in [2.75, 3.05) is 6.54 Å². The Kier molecular flexibility index (Phi) is 5.35. The van der Waals surface area contributed by atoms with Crippen LogP contribution in [0, 0.1) is 5.92 Å². The molecule has 2 N–H and O–H groups in total. The van der Waals surface area contributed by atoms with Gasteiger partial charge in [0.05, 0.1) is 5.69 Å². The summed E-state index contributed by atoms with van der Waals surface area (Å²) in [7, 11) is 0. The van der Waals surface area contributed by atoms with E-state index in [9.17, 15) is 4.79 Å². The van der Waals surface area contributed by atoms with Crippen molar-refractivity contribution in [2.45, 2.75) is 46.6 Å². The molecule has 1 aromatic rings. The highest BCUT2D eigenvalue weighted by Gasteiger charge is 2.07. The molecule has 0 amide bonds. The zero-order valence-corrected chi connectivity index (χ0v) is 11.2. The number of nitrogens with one attached hydrogen (secondary N) is 2. The van der Waals surface area contributed by atoms with E-state index in [1.807, 2.05) is 0 Å². The molecule has 96 valence electrons. The largest absolute Gasteiger partial charge is 0.311 e. The molecule has 4 nitrogen and oxygen atoms in total. The zero-order chi connectivity index (χ0) is 12.8. The van der Waals surface area contributed by atoms with Crippen LogP contribution in [0.1, 0.15) is 51.6 Å². The van der Waals surface area contributed by atoms with Crippen molar-refractivity contribution in [1.29, 1.82) is 0 Å². The van der Waals surface area contributed by atoms with Gasteiger partial charge in [0.2, 0.25) is 0 Å². The summed E-state index contributed by atoms with van der Waals surface area (Å²) in [6.07, 6.45) is 0.978. The Morgan fingerprint density at radius 3 is 2.71 bits per heavy atom. The van der Waals surface area contributed by atoms with Crippen LogP contribution < -0.4 is 10.9 Å². The molecule has 0 aliphatic rings. The lowest BCUT2D eigenvalue weighted by molar-refractivity contribution is 0.544. The Hall–Kier alpha value is -1.16. The van der Waals surface area contributed by atoms with Crippen LogP contribution in [-0.2, 0) is 6.54 Å².